The molecule has 1 fully saturated rings. The Hall–Kier alpha value is -1.58. The molecule has 9 heteroatoms. The molecule has 29 heavy (non-hydrogen) atoms. The summed E-state index contributed by atoms with van der Waals surface area (Å²) in [5.41, 5.74) is 0.593. The number of nitrogens with one attached hydrogen (secondary N) is 1. The molecule has 5 nitrogen and oxygen atoms in total. The van der Waals surface area contributed by atoms with Gasteiger partial charge in [-0.05, 0) is 68.7 Å². The van der Waals surface area contributed by atoms with Gasteiger partial charge in [-0.3, -0.25) is 4.79 Å². The highest BCUT2D eigenvalue weighted by Gasteiger charge is 2.48. The number of aliphatic hydroxyl groups is 1. The van der Waals surface area contributed by atoms with E-state index in [0.717, 1.165) is 17.3 Å². The number of amides is 1. The van der Waals surface area contributed by atoms with Crippen LogP contribution in [0.15, 0.2) is 62.7 Å². The van der Waals surface area contributed by atoms with Crippen LogP contribution < -0.4 is 5.32 Å². The number of aromatic nitrogens is 1. The SMILES string of the molecule is O=C1NC(c2ccsc2)(c2cccc(Br)n2)CC(O)C1Sc1cc(O)ccc1Cl. The van der Waals surface area contributed by atoms with Gasteiger partial charge in [-0.25, -0.2) is 4.98 Å². The van der Waals surface area contributed by atoms with Crippen LogP contribution in [-0.2, 0) is 10.3 Å². The van der Waals surface area contributed by atoms with Crippen molar-refractivity contribution in [1.29, 1.82) is 0 Å². The van der Waals surface area contributed by atoms with E-state index < -0.39 is 16.9 Å². The number of rotatable bonds is 4. The molecule has 1 aliphatic heterocycles. The zero-order chi connectivity index (χ0) is 20.6. The summed E-state index contributed by atoms with van der Waals surface area (Å²) in [5, 5.41) is 27.4. The van der Waals surface area contributed by atoms with Crippen molar-refractivity contribution in [1.82, 2.24) is 10.3 Å². The Morgan fingerprint density at radius 1 is 1.31 bits per heavy atom. The number of nitrogens with zero attached hydrogens (tertiary/aromatic N) is 1. The number of carbonyl (C=O) groups excluding carboxylic acids is 1. The molecule has 0 radical (unpaired) electrons. The summed E-state index contributed by atoms with van der Waals surface area (Å²) in [4.78, 5) is 18.2. The van der Waals surface area contributed by atoms with Gasteiger partial charge in [0.15, 0.2) is 0 Å². The van der Waals surface area contributed by atoms with Gasteiger partial charge in [-0.15, -0.1) is 11.8 Å². The number of pyridine rings is 1. The minimum atomic E-state index is -0.951. The van der Waals surface area contributed by atoms with Crippen LogP contribution in [0.3, 0.4) is 0 Å². The van der Waals surface area contributed by atoms with Gasteiger partial charge in [0.2, 0.25) is 5.91 Å². The molecule has 3 heterocycles. The van der Waals surface area contributed by atoms with Gasteiger partial charge in [0.05, 0.1) is 16.8 Å². The Morgan fingerprint density at radius 3 is 2.83 bits per heavy atom. The highest BCUT2D eigenvalue weighted by molar-refractivity contribution is 9.10. The molecule has 0 aliphatic carbocycles. The first kappa shape index (κ1) is 20.7. The van der Waals surface area contributed by atoms with E-state index in [1.165, 1.54) is 23.5 Å². The van der Waals surface area contributed by atoms with Crippen LogP contribution in [0.5, 0.6) is 5.75 Å². The number of hydrogen-bond acceptors (Lipinski definition) is 6. The first-order valence-electron chi connectivity index (χ1n) is 8.70. The third-order valence-corrected chi connectivity index (χ3v) is 7.74. The van der Waals surface area contributed by atoms with E-state index >= 15 is 0 Å². The third kappa shape index (κ3) is 4.04. The maximum atomic E-state index is 13.1. The minimum absolute atomic E-state index is 0.0496. The van der Waals surface area contributed by atoms with Crippen molar-refractivity contribution >= 4 is 56.5 Å². The molecule has 1 aromatic carbocycles. The van der Waals surface area contributed by atoms with Gasteiger partial charge in [-0.1, -0.05) is 17.7 Å². The second-order valence-electron chi connectivity index (χ2n) is 6.68. The number of carbonyl (C=O) groups is 1. The Kier molecular flexibility index (Phi) is 5.90. The lowest BCUT2D eigenvalue weighted by Crippen LogP contribution is -2.59. The van der Waals surface area contributed by atoms with Crippen molar-refractivity contribution in [3.63, 3.8) is 0 Å². The van der Waals surface area contributed by atoms with Crippen LogP contribution >= 0.6 is 50.6 Å². The number of phenolic OH excluding ortho intramolecular Hbond substituents is 1. The molecule has 150 valence electrons. The summed E-state index contributed by atoms with van der Waals surface area (Å²) in [6.07, 6.45) is -0.694. The molecule has 0 saturated carbocycles. The molecule has 2 aromatic heterocycles. The lowest BCUT2D eigenvalue weighted by molar-refractivity contribution is -0.127. The molecule has 1 aliphatic rings. The molecule has 3 atom stereocenters. The lowest BCUT2D eigenvalue weighted by Gasteiger charge is -2.42. The average molecular weight is 512 g/mol. The van der Waals surface area contributed by atoms with E-state index in [0.29, 0.717) is 20.2 Å². The monoisotopic (exact) mass is 510 g/mol. The zero-order valence-corrected chi connectivity index (χ0v) is 18.9. The van der Waals surface area contributed by atoms with E-state index in [1.54, 1.807) is 6.07 Å². The molecule has 3 N–H and O–H groups in total. The smallest absolute Gasteiger partial charge is 0.237 e. The molecule has 1 amide bonds. The fraction of sp³-hybridized carbons (Fsp3) is 0.200. The van der Waals surface area contributed by atoms with Gasteiger partial charge in [0, 0.05) is 11.3 Å². The van der Waals surface area contributed by atoms with Crippen molar-refractivity contribution in [3.8, 4) is 5.75 Å². The van der Waals surface area contributed by atoms with Crippen molar-refractivity contribution in [2.24, 2.45) is 0 Å². The first-order valence-corrected chi connectivity index (χ1v) is 11.7. The summed E-state index contributed by atoms with van der Waals surface area (Å²) in [5.74, 6) is -0.269. The van der Waals surface area contributed by atoms with E-state index in [1.807, 2.05) is 35.0 Å². The number of hydrogen-bond donors (Lipinski definition) is 3. The molecular formula is C20H16BrClN2O3S2. The summed E-state index contributed by atoms with van der Waals surface area (Å²) in [7, 11) is 0. The number of thioether (sulfide) groups is 1. The molecule has 1 saturated heterocycles. The minimum Gasteiger partial charge on any atom is -0.508 e. The van der Waals surface area contributed by atoms with Crippen molar-refractivity contribution < 1.29 is 15.0 Å². The maximum Gasteiger partial charge on any atom is 0.237 e. The molecule has 4 rings (SSSR count). The van der Waals surface area contributed by atoms with Gasteiger partial charge in [-0.2, -0.15) is 11.3 Å². The van der Waals surface area contributed by atoms with Crippen LogP contribution in [0.4, 0.5) is 0 Å². The highest BCUT2D eigenvalue weighted by atomic mass is 79.9. The maximum absolute atomic E-state index is 13.1. The van der Waals surface area contributed by atoms with Crippen LogP contribution in [0.1, 0.15) is 17.7 Å². The fourth-order valence-electron chi connectivity index (χ4n) is 3.44. The van der Waals surface area contributed by atoms with Crippen LogP contribution in [-0.4, -0.2) is 32.5 Å². The van der Waals surface area contributed by atoms with E-state index in [2.05, 4.69) is 26.2 Å². The fourth-order valence-corrected chi connectivity index (χ4v) is 5.83. The molecule has 3 aromatic rings. The molecule has 0 spiro atoms. The van der Waals surface area contributed by atoms with E-state index in [4.69, 9.17) is 11.6 Å². The van der Waals surface area contributed by atoms with Gasteiger partial charge in [0.25, 0.3) is 0 Å². The Morgan fingerprint density at radius 2 is 2.14 bits per heavy atom. The number of thiophene rings is 1. The summed E-state index contributed by atoms with van der Waals surface area (Å²) < 4.78 is 0.649. The summed E-state index contributed by atoms with van der Waals surface area (Å²) in [6.45, 7) is 0. The molecule has 3 unspecified atom stereocenters. The van der Waals surface area contributed by atoms with Crippen molar-refractivity contribution in [2.75, 3.05) is 0 Å². The van der Waals surface area contributed by atoms with Crippen LogP contribution in [0, 0.1) is 0 Å². The normalized spacial score (nSPS) is 24.3. The third-order valence-electron chi connectivity index (χ3n) is 4.79. The van der Waals surface area contributed by atoms with Gasteiger partial charge < -0.3 is 15.5 Å². The Labute approximate surface area is 189 Å². The van der Waals surface area contributed by atoms with Gasteiger partial charge >= 0.3 is 0 Å². The predicted octanol–water partition coefficient (Wildman–Crippen LogP) is 4.55. The largest absolute Gasteiger partial charge is 0.508 e. The van der Waals surface area contributed by atoms with Gasteiger partial charge in [0.1, 0.15) is 21.1 Å². The highest BCUT2D eigenvalue weighted by Crippen LogP contribution is 2.43. The lowest BCUT2D eigenvalue weighted by atomic mass is 9.79. The standard InChI is InChI=1S/C20H16BrClN2O3S2/c21-17-3-1-2-16(23-17)20(11-6-7-28-10-11)9-14(26)18(19(27)24-20)29-15-8-12(25)4-5-13(15)22/h1-8,10,14,18,25-26H,9H2,(H,24,27). The van der Waals surface area contributed by atoms with Crippen LogP contribution in [0.25, 0.3) is 0 Å². The molecule has 0 bridgehead atoms. The molecular weight excluding hydrogens is 496 g/mol. The average Bonchev–Trinajstić information content (AvgIpc) is 3.22. The predicted molar refractivity (Wildman–Crippen MR) is 119 cm³/mol. The second kappa shape index (κ2) is 8.28. The first-order chi connectivity index (χ1) is 13.9. The number of aliphatic hydroxyl groups excluding tert-OH is 1. The number of piperidine rings is 1. The van der Waals surface area contributed by atoms with E-state index in [9.17, 15) is 15.0 Å². The topological polar surface area (TPSA) is 82.5 Å². The number of halogens is 2. The quantitative estimate of drug-likeness (QED) is 0.448. The van der Waals surface area contributed by atoms with E-state index in [-0.39, 0.29) is 18.1 Å². The second-order valence-corrected chi connectivity index (χ2v) is 9.86. The summed E-state index contributed by atoms with van der Waals surface area (Å²) in [6, 6.07) is 12.0. The number of aromatic hydroxyl groups is 1. The Bertz CT molecular complexity index is 1050. The van der Waals surface area contributed by atoms with Crippen molar-refractivity contribution in [3.05, 3.63) is 74.1 Å². The number of phenols is 1. The summed E-state index contributed by atoms with van der Waals surface area (Å²) >= 11 is 12.2. The van der Waals surface area contributed by atoms with Crippen molar-refractivity contribution in [2.45, 2.75) is 28.2 Å². The Balaban J connectivity index is 1.70. The van der Waals surface area contributed by atoms with Crippen LogP contribution in [0.2, 0.25) is 5.02 Å². The zero-order valence-electron chi connectivity index (χ0n) is 14.9. The number of benzene rings is 1.